The van der Waals surface area contributed by atoms with E-state index in [1.807, 2.05) is 11.4 Å². The number of aromatic nitrogens is 2. The molecule has 0 amide bonds. The molecule has 0 saturated heterocycles. The van der Waals surface area contributed by atoms with Gasteiger partial charge in [0.25, 0.3) is 0 Å². The van der Waals surface area contributed by atoms with Crippen LogP contribution in [0, 0.1) is 5.82 Å². The Labute approximate surface area is 101 Å². The van der Waals surface area contributed by atoms with Crippen LogP contribution in [0.3, 0.4) is 0 Å². The average Bonchev–Trinajstić information content (AvgIpc) is 2.81. The zero-order valence-electron chi connectivity index (χ0n) is 8.72. The van der Waals surface area contributed by atoms with Gasteiger partial charge in [-0.3, -0.25) is 0 Å². The van der Waals surface area contributed by atoms with E-state index in [4.69, 9.17) is 0 Å². The number of halogens is 1. The molecule has 0 spiro atoms. The van der Waals surface area contributed by atoms with Crippen molar-refractivity contribution in [3.63, 3.8) is 0 Å². The highest BCUT2D eigenvalue weighted by Crippen LogP contribution is 2.27. The zero-order chi connectivity index (χ0) is 11.7. The number of anilines is 2. The van der Waals surface area contributed by atoms with E-state index in [0.717, 1.165) is 21.7 Å². The van der Waals surface area contributed by atoms with Crippen LogP contribution in [0.5, 0.6) is 0 Å². The molecule has 0 saturated carbocycles. The van der Waals surface area contributed by atoms with Crippen molar-refractivity contribution in [2.75, 3.05) is 5.32 Å². The standard InChI is InChI=1S/C12H8FN3S/c13-8-1-3-9(4-2-8)16-12-11-10(5-6-17-11)14-7-15-12/h1-7H,(H,14,15,16). The normalized spacial score (nSPS) is 10.6. The minimum Gasteiger partial charge on any atom is -0.339 e. The number of hydrogen-bond acceptors (Lipinski definition) is 4. The summed E-state index contributed by atoms with van der Waals surface area (Å²) in [6.45, 7) is 0. The number of rotatable bonds is 2. The topological polar surface area (TPSA) is 37.8 Å². The Balaban J connectivity index is 1.99. The van der Waals surface area contributed by atoms with E-state index < -0.39 is 0 Å². The van der Waals surface area contributed by atoms with Crippen LogP contribution in [0.1, 0.15) is 0 Å². The molecule has 0 aliphatic rings. The number of thiophene rings is 1. The van der Waals surface area contributed by atoms with E-state index in [-0.39, 0.29) is 5.82 Å². The second-order valence-corrected chi connectivity index (χ2v) is 4.41. The van der Waals surface area contributed by atoms with Crippen molar-refractivity contribution in [3.8, 4) is 0 Å². The maximum absolute atomic E-state index is 12.8. The van der Waals surface area contributed by atoms with Gasteiger partial charge in [-0.1, -0.05) is 0 Å². The summed E-state index contributed by atoms with van der Waals surface area (Å²) in [5.41, 5.74) is 1.72. The molecule has 17 heavy (non-hydrogen) atoms. The second-order valence-electron chi connectivity index (χ2n) is 3.49. The van der Waals surface area contributed by atoms with Crippen molar-refractivity contribution in [3.05, 3.63) is 47.9 Å². The Morgan fingerprint density at radius 2 is 1.88 bits per heavy atom. The lowest BCUT2D eigenvalue weighted by Gasteiger charge is -2.05. The van der Waals surface area contributed by atoms with Crippen molar-refractivity contribution >= 4 is 33.1 Å². The van der Waals surface area contributed by atoms with Crippen LogP contribution in [0.4, 0.5) is 15.9 Å². The predicted octanol–water partition coefficient (Wildman–Crippen LogP) is 3.57. The van der Waals surface area contributed by atoms with Gasteiger partial charge in [-0.15, -0.1) is 11.3 Å². The Bertz CT molecular complexity index is 648. The Hall–Kier alpha value is -2.01. The molecule has 2 heterocycles. The van der Waals surface area contributed by atoms with E-state index in [2.05, 4.69) is 15.3 Å². The van der Waals surface area contributed by atoms with Gasteiger partial charge >= 0.3 is 0 Å². The molecule has 0 fully saturated rings. The van der Waals surface area contributed by atoms with Crippen LogP contribution < -0.4 is 5.32 Å². The SMILES string of the molecule is Fc1ccc(Nc2ncnc3ccsc23)cc1. The summed E-state index contributed by atoms with van der Waals surface area (Å²) in [7, 11) is 0. The quantitative estimate of drug-likeness (QED) is 0.750. The summed E-state index contributed by atoms with van der Waals surface area (Å²) in [6.07, 6.45) is 1.51. The van der Waals surface area contributed by atoms with Crippen molar-refractivity contribution in [1.82, 2.24) is 9.97 Å². The van der Waals surface area contributed by atoms with Gasteiger partial charge in [-0.05, 0) is 35.7 Å². The molecule has 0 aliphatic carbocycles. The highest BCUT2D eigenvalue weighted by Gasteiger charge is 2.04. The van der Waals surface area contributed by atoms with Crippen LogP contribution in [-0.4, -0.2) is 9.97 Å². The van der Waals surface area contributed by atoms with Gasteiger partial charge in [0.05, 0.1) is 10.2 Å². The molecule has 0 unspecified atom stereocenters. The molecule has 0 atom stereocenters. The molecular weight excluding hydrogens is 237 g/mol. The summed E-state index contributed by atoms with van der Waals surface area (Å²) >= 11 is 1.57. The minimum atomic E-state index is -0.250. The number of nitrogens with zero attached hydrogens (tertiary/aromatic N) is 2. The molecule has 3 rings (SSSR count). The van der Waals surface area contributed by atoms with Gasteiger partial charge in [0.15, 0.2) is 5.82 Å². The summed E-state index contributed by atoms with van der Waals surface area (Å²) in [4.78, 5) is 8.35. The fraction of sp³-hybridized carbons (Fsp3) is 0. The maximum Gasteiger partial charge on any atom is 0.151 e. The van der Waals surface area contributed by atoms with E-state index in [0.29, 0.717) is 0 Å². The third kappa shape index (κ3) is 1.97. The minimum absolute atomic E-state index is 0.250. The molecule has 2 aromatic heterocycles. The van der Waals surface area contributed by atoms with Gasteiger partial charge < -0.3 is 5.32 Å². The molecule has 84 valence electrons. The van der Waals surface area contributed by atoms with Crippen LogP contribution in [0.15, 0.2) is 42.0 Å². The Morgan fingerprint density at radius 1 is 1.06 bits per heavy atom. The smallest absolute Gasteiger partial charge is 0.151 e. The first kappa shape index (κ1) is 10.2. The number of benzene rings is 1. The van der Waals surface area contributed by atoms with E-state index in [9.17, 15) is 4.39 Å². The highest BCUT2D eigenvalue weighted by atomic mass is 32.1. The lowest BCUT2D eigenvalue weighted by Crippen LogP contribution is -1.94. The predicted molar refractivity (Wildman–Crippen MR) is 67.1 cm³/mol. The van der Waals surface area contributed by atoms with Gasteiger partial charge in [-0.2, -0.15) is 0 Å². The first-order valence-electron chi connectivity index (χ1n) is 5.04. The number of hydrogen-bond donors (Lipinski definition) is 1. The zero-order valence-corrected chi connectivity index (χ0v) is 9.54. The lowest BCUT2D eigenvalue weighted by molar-refractivity contribution is 0.628. The molecular formula is C12H8FN3S. The highest BCUT2D eigenvalue weighted by molar-refractivity contribution is 7.17. The average molecular weight is 245 g/mol. The van der Waals surface area contributed by atoms with Crippen molar-refractivity contribution < 1.29 is 4.39 Å². The third-order valence-corrected chi connectivity index (χ3v) is 3.26. The van der Waals surface area contributed by atoms with Crippen molar-refractivity contribution in [2.45, 2.75) is 0 Å². The fourth-order valence-corrected chi connectivity index (χ4v) is 2.34. The molecule has 1 aromatic carbocycles. The lowest BCUT2D eigenvalue weighted by atomic mass is 10.3. The summed E-state index contributed by atoms with van der Waals surface area (Å²) in [5.74, 6) is 0.496. The van der Waals surface area contributed by atoms with Gasteiger partial charge in [-0.25, -0.2) is 14.4 Å². The van der Waals surface area contributed by atoms with E-state index in [1.54, 1.807) is 23.5 Å². The molecule has 0 radical (unpaired) electrons. The molecule has 3 aromatic rings. The van der Waals surface area contributed by atoms with Crippen LogP contribution in [-0.2, 0) is 0 Å². The fourth-order valence-electron chi connectivity index (χ4n) is 1.55. The van der Waals surface area contributed by atoms with Crippen molar-refractivity contribution in [2.24, 2.45) is 0 Å². The van der Waals surface area contributed by atoms with Gasteiger partial charge in [0, 0.05) is 5.69 Å². The Kier molecular flexibility index (Phi) is 2.45. The van der Waals surface area contributed by atoms with E-state index in [1.165, 1.54) is 18.5 Å². The third-order valence-electron chi connectivity index (χ3n) is 2.35. The molecule has 5 heteroatoms. The first-order chi connectivity index (χ1) is 8.33. The van der Waals surface area contributed by atoms with Crippen LogP contribution in [0.25, 0.3) is 10.2 Å². The van der Waals surface area contributed by atoms with Crippen LogP contribution in [0.2, 0.25) is 0 Å². The molecule has 0 bridgehead atoms. The monoisotopic (exact) mass is 245 g/mol. The molecule has 3 nitrogen and oxygen atoms in total. The van der Waals surface area contributed by atoms with Crippen LogP contribution >= 0.6 is 11.3 Å². The second kappa shape index (κ2) is 4.10. The summed E-state index contributed by atoms with van der Waals surface area (Å²) in [5, 5.41) is 5.12. The molecule has 1 N–H and O–H groups in total. The first-order valence-corrected chi connectivity index (χ1v) is 5.92. The van der Waals surface area contributed by atoms with E-state index >= 15 is 0 Å². The summed E-state index contributed by atoms with van der Waals surface area (Å²) in [6, 6.07) is 8.12. The summed E-state index contributed by atoms with van der Waals surface area (Å²) < 4.78 is 13.8. The Morgan fingerprint density at radius 3 is 2.71 bits per heavy atom. The largest absolute Gasteiger partial charge is 0.339 e. The van der Waals surface area contributed by atoms with Crippen molar-refractivity contribution in [1.29, 1.82) is 0 Å². The number of nitrogens with one attached hydrogen (secondary N) is 1. The number of fused-ring (bicyclic) bond motifs is 1. The van der Waals surface area contributed by atoms with Gasteiger partial charge in [0.2, 0.25) is 0 Å². The maximum atomic E-state index is 12.8. The molecule has 0 aliphatic heterocycles. The van der Waals surface area contributed by atoms with Gasteiger partial charge in [0.1, 0.15) is 12.1 Å².